The Morgan fingerprint density at radius 3 is 2.67 bits per heavy atom. The number of rotatable bonds is 1. The minimum absolute atomic E-state index is 0.126. The molecule has 1 saturated carbocycles. The summed E-state index contributed by atoms with van der Waals surface area (Å²) in [7, 11) is 0. The Balaban J connectivity index is 1.85. The maximum atomic E-state index is 12.6. The van der Waals surface area contributed by atoms with Crippen LogP contribution in [0.5, 0.6) is 0 Å². The van der Waals surface area contributed by atoms with Crippen LogP contribution in [0.4, 0.5) is 0 Å². The van der Waals surface area contributed by atoms with Crippen molar-refractivity contribution < 1.29 is 9.59 Å². The number of amides is 2. The minimum atomic E-state index is -0.583. The number of allylic oxidation sites excluding steroid dienone is 2. The highest BCUT2D eigenvalue weighted by Gasteiger charge is 2.67. The highest BCUT2D eigenvalue weighted by molar-refractivity contribution is 6.19. The summed E-state index contributed by atoms with van der Waals surface area (Å²) in [4.78, 5) is 25.1. The molecule has 0 unspecified atom stereocenters. The van der Waals surface area contributed by atoms with E-state index in [2.05, 4.69) is 22.3 Å². The maximum absolute atomic E-state index is 12.6. The van der Waals surface area contributed by atoms with E-state index >= 15 is 0 Å². The van der Waals surface area contributed by atoms with E-state index in [0.29, 0.717) is 0 Å². The first-order valence-electron chi connectivity index (χ1n) is 6.05. The fourth-order valence-corrected chi connectivity index (χ4v) is 3.80. The van der Waals surface area contributed by atoms with Crippen LogP contribution in [-0.4, -0.2) is 26.7 Å². The van der Waals surface area contributed by atoms with Crippen molar-refractivity contribution in [2.45, 2.75) is 13.3 Å². The van der Waals surface area contributed by atoms with E-state index in [1.807, 2.05) is 6.92 Å². The summed E-state index contributed by atoms with van der Waals surface area (Å²) in [5, 5.41) is 8.51. The Labute approximate surface area is 103 Å². The molecule has 1 aliphatic heterocycles. The van der Waals surface area contributed by atoms with Gasteiger partial charge in [0, 0.05) is 0 Å². The van der Waals surface area contributed by atoms with Crippen molar-refractivity contribution in [1.29, 1.82) is 0 Å². The lowest BCUT2D eigenvalue weighted by Crippen LogP contribution is -2.43. The summed E-state index contributed by atoms with van der Waals surface area (Å²) in [5.41, 5.74) is -0.583. The van der Waals surface area contributed by atoms with Crippen LogP contribution in [0.2, 0.25) is 0 Å². The van der Waals surface area contributed by atoms with Gasteiger partial charge >= 0.3 is 0 Å². The van der Waals surface area contributed by atoms with Crippen LogP contribution < -0.4 is 5.01 Å². The van der Waals surface area contributed by atoms with Crippen molar-refractivity contribution >= 4 is 11.8 Å². The molecule has 1 aromatic rings. The summed E-state index contributed by atoms with van der Waals surface area (Å²) in [6.07, 6.45) is 7.86. The van der Waals surface area contributed by atoms with Gasteiger partial charge in [-0.05, 0) is 25.2 Å². The second-order valence-corrected chi connectivity index (χ2v) is 5.45. The maximum Gasteiger partial charge on any atom is 0.256 e. The second-order valence-electron chi connectivity index (χ2n) is 5.45. The molecule has 4 atom stereocenters. The van der Waals surface area contributed by atoms with Crippen molar-refractivity contribution in [3.63, 3.8) is 0 Å². The SMILES string of the molecule is C[C@@]12C(=O)N(n3cnnc3)C(=O)[C@@H]1[C@@H]1C=C[C@@H]2C1. The van der Waals surface area contributed by atoms with E-state index < -0.39 is 5.41 Å². The number of nitrogens with zero attached hydrogens (tertiary/aromatic N) is 4. The summed E-state index contributed by atoms with van der Waals surface area (Å²) < 4.78 is 1.38. The van der Waals surface area contributed by atoms with Crippen molar-refractivity contribution in [1.82, 2.24) is 14.9 Å². The quantitative estimate of drug-likeness (QED) is 0.519. The molecule has 2 bridgehead atoms. The second kappa shape index (κ2) is 2.88. The molecule has 2 amide bonds. The molecule has 0 N–H and O–H groups in total. The molecule has 2 fully saturated rings. The molecule has 2 heterocycles. The van der Waals surface area contributed by atoms with Gasteiger partial charge in [0.2, 0.25) is 0 Å². The normalized spacial score (nSPS) is 40.9. The third kappa shape index (κ3) is 0.878. The van der Waals surface area contributed by atoms with Crippen molar-refractivity contribution in [2.75, 3.05) is 5.01 Å². The first kappa shape index (κ1) is 9.99. The largest absolute Gasteiger partial charge is 0.272 e. The molecular formula is C12H12N4O2. The van der Waals surface area contributed by atoms with Gasteiger partial charge in [-0.1, -0.05) is 12.2 Å². The van der Waals surface area contributed by atoms with E-state index in [4.69, 9.17) is 0 Å². The predicted molar refractivity (Wildman–Crippen MR) is 60.6 cm³/mol. The summed E-state index contributed by atoms with van der Waals surface area (Å²) in [6, 6.07) is 0. The fourth-order valence-electron chi connectivity index (χ4n) is 3.80. The summed E-state index contributed by atoms with van der Waals surface area (Å²) in [6.45, 7) is 1.91. The molecule has 1 saturated heterocycles. The van der Waals surface area contributed by atoms with E-state index in [-0.39, 0.29) is 29.6 Å². The third-order valence-corrected chi connectivity index (χ3v) is 4.73. The Morgan fingerprint density at radius 1 is 1.28 bits per heavy atom. The van der Waals surface area contributed by atoms with Crippen molar-refractivity contribution in [3.05, 3.63) is 24.8 Å². The van der Waals surface area contributed by atoms with Gasteiger partial charge in [0.05, 0.1) is 11.3 Å². The van der Waals surface area contributed by atoms with Gasteiger partial charge in [-0.15, -0.1) is 10.2 Å². The van der Waals surface area contributed by atoms with Gasteiger partial charge < -0.3 is 0 Å². The average molecular weight is 244 g/mol. The summed E-state index contributed by atoms with van der Waals surface area (Å²) >= 11 is 0. The van der Waals surface area contributed by atoms with E-state index in [1.165, 1.54) is 22.3 Å². The minimum Gasteiger partial charge on any atom is -0.272 e. The van der Waals surface area contributed by atoms with E-state index in [9.17, 15) is 9.59 Å². The lowest BCUT2D eigenvalue weighted by Gasteiger charge is -2.27. The number of imide groups is 1. The molecule has 1 aromatic heterocycles. The fraction of sp³-hybridized carbons (Fsp3) is 0.500. The molecule has 6 heteroatoms. The van der Waals surface area contributed by atoms with Crippen LogP contribution in [0, 0.1) is 23.2 Å². The van der Waals surface area contributed by atoms with Gasteiger partial charge in [0.15, 0.2) is 0 Å². The molecule has 0 spiro atoms. The van der Waals surface area contributed by atoms with Crippen LogP contribution in [0.15, 0.2) is 24.8 Å². The molecule has 2 aliphatic carbocycles. The predicted octanol–water partition coefficient (Wildman–Crippen LogP) is 0.111. The number of hydrogen-bond donors (Lipinski definition) is 0. The van der Waals surface area contributed by atoms with E-state index in [1.54, 1.807) is 0 Å². The number of aromatic nitrogens is 3. The van der Waals surface area contributed by atoms with Gasteiger partial charge in [-0.25, -0.2) is 4.68 Å². The van der Waals surface area contributed by atoms with Crippen molar-refractivity contribution in [3.8, 4) is 0 Å². The molecule has 0 radical (unpaired) electrons. The smallest absolute Gasteiger partial charge is 0.256 e. The molecule has 3 aliphatic rings. The Bertz CT molecular complexity index is 579. The van der Waals surface area contributed by atoms with Crippen LogP contribution in [-0.2, 0) is 9.59 Å². The van der Waals surface area contributed by atoms with Crippen LogP contribution in [0.1, 0.15) is 13.3 Å². The topological polar surface area (TPSA) is 68.1 Å². The third-order valence-electron chi connectivity index (χ3n) is 4.73. The lowest BCUT2D eigenvalue weighted by molar-refractivity contribution is -0.128. The molecule has 4 rings (SSSR count). The number of carbonyl (C=O) groups excluding carboxylic acids is 2. The molecule has 0 aromatic carbocycles. The highest BCUT2D eigenvalue weighted by atomic mass is 16.2. The van der Waals surface area contributed by atoms with Gasteiger partial charge in [-0.2, -0.15) is 5.01 Å². The Kier molecular flexibility index (Phi) is 1.60. The number of hydrogen-bond acceptors (Lipinski definition) is 4. The molecule has 18 heavy (non-hydrogen) atoms. The van der Waals surface area contributed by atoms with Crippen LogP contribution in [0.3, 0.4) is 0 Å². The van der Waals surface area contributed by atoms with Gasteiger partial charge in [0.1, 0.15) is 12.7 Å². The first-order chi connectivity index (χ1) is 8.64. The van der Waals surface area contributed by atoms with Crippen molar-refractivity contribution in [2.24, 2.45) is 23.2 Å². The van der Waals surface area contributed by atoms with Gasteiger partial charge in [0.25, 0.3) is 11.8 Å². The summed E-state index contributed by atoms with van der Waals surface area (Å²) in [5.74, 6) is -0.0842. The Hall–Kier alpha value is -1.98. The highest BCUT2D eigenvalue weighted by Crippen LogP contribution is 2.59. The lowest BCUT2D eigenvalue weighted by atomic mass is 9.71. The Morgan fingerprint density at radius 2 is 2.00 bits per heavy atom. The molecular weight excluding hydrogens is 232 g/mol. The standard InChI is InChI=1S/C12H12N4O2/c1-12-8-3-2-7(4-8)9(12)10(17)16(11(12)18)15-5-13-14-6-15/h2-3,5-9H,4H2,1H3/t7-,8-,9+,12+/m1/s1. The molecule has 6 nitrogen and oxygen atoms in total. The monoisotopic (exact) mass is 244 g/mol. The van der Waals surface area contributed by atoms with Gasteiger partial charge in [-0.3, -0.25) is 9.59 Å². The molecule has 92 valence electrons. The zero-order valence-electron chi connectivity index (χ0n) is 9.85. The average Bonchev–Trinajstić information content (AvgIpc) is 3.04. The zero-order valence-corrected chi connectivity index (χ0v) is 9.85. The first-order valence-corrected chi connectivity index (χ1v) is 6.05. The zero-order chi connectivity index (χ0) is 12.5. The number of carbonyl (C=O) groups is 2. The van der Waals surface area contributed by atoms with Crippen LogP contribution >= 0.6 is 0 Å². The van der Waals surface area contributed by atoms with Crippen LogP contribution in [0.25, 0.3) is 0 Å². The number of fused-ring (bicyclic) bond motifs is 5. The van der Waals surface area contributed by atoms with E-state index in [0.717, 1.165) is 6.42 Å².